The second kappa shape index (κ2) is 7.77. The lowest BCUT2D eigenvalue weighted by Crippen LogP contribution is -2.46. The van der Waals surface area contributed by atoms with Crippen molar-refractivity contribution in [2.75, 3.05) is 32.7 Å². The lowest BCUT2D eigenvalue weighted by Gasteiger charge is -2.40. The summed E-state index contributed by atoms with van der Waals surface area (Å²) in [6.07, 6.45) is 7.92. The lowest BCUT2D eigenvalue weighted by atomic mass is 9.79. The van der Waals surface area contributed by atoms with Gasteiger partial charge in [0.2, 0.25) is 0 Å². The van der Waals surface area contributed by atoms with E-state index in [4.69, 9.17) is 0 Å². The number of aryl methyl sites for hydroxylation is 1. The van der Waals surface area contributed by atoms with Crippen LogP contribution in [0.4, 0.5) is 0 Å². The van der Waals surface area contributed by atoms with Crippen molar-refractivity contribution in [1.29, 1.82) is 0 Å². The summed E-state index contributed by atoms with van der Waals surface area (Å²) in [6.45, 7) is 6.95. The Bertz CT molecular complexity index is 777. The first kappa shape index (κ1) is 18.1. The summed E-state index contributed by atoms with van der Waals surface area (Å²) in [4.78, 5) is 25.9. The maximum Gasteiger partial charge on any atom is 0.274 e. The quantitative estimate of drug-likeness (QED) is 0.837. The first-order valence-electron chi connectivity index (χ1n) is 9.98. The van der Waals surface area contributed by atoms with Gasteiger partial charge in [0.15, 0.2) is 0 Å². The van der Waals surface area contributed by atoms with Gasteiger partial charge in [-0.2, -0.15) is 0 Å². The van der Waals surface area contributed by atoms with Gasteiger partial charge in [0.25, 0.3) is 5.91 Å². The highest BCUT2D eigenvalue weighted by atomic mass is 16.2. The number of hydrogen-bond donors (Lipinski definition) is 0. The number of nitrogens with zero attached hydrogens (tertiary/aromatic N) is 4. The van der Waals surface area contributed by atoms with E-state index in [1.54, 1.807) is 12.4 Å². The Hall–Kier alpha value is -2.27. The second-order valence-corrected chi connectivity index (χ2v) is 8.14. The molecule has 5 heteroatoms. The van der Waals surface area contributed by atoms with Crippen LogP contribution >= 0.6 is 0 Å². The van der Waals surface area contributed by atoms with Crippen molar-refractivity contribution in [3.05, 3.63) is 59.7 Å². The van der Waals surface area contributed by atoms with Crippen LogP contribution in [-0.4, -0.2) is 58.4 Å². The third kappa shape index (κ3) is 4.19. The fourth-order valence-electron chi connectivity index (χ4n) is 4.54. The number of hydrogen-bond acceptors (Lipinski definition) is 4. The Kier molecular flexibility index (Phi) is 5.21. The number of rotatable bonds is 4. The molecule has 4 rings (SSSR count). The summed E-state index contributed by atoms with van der Waals surface area (Å²) >= 11 is 0. The smallest absolute Gasteiger partial charge is 0.274 e. The molecule has 0 N–H and O–H groups in total. The van der Waals surface area contributed by atoms with E-state index >= 15 is 0 Å². The number of piperidine rings is 1. The number of amides is 1. The SMILES string of the molecule is Cc1cnc(C(=O)N2CCC3(CCCN(CCc4ccccc4)C3)C2)cn1. The zero-order chi connectivity index (χ0) is 18.7. The van der Waals surface area contributed by atoms with Crippen LogP contribution < -0.4 is 0 Å². The molecule has 3 heterocycles. The predicted molar refractivity (Wildman–Crippen MR) is 106 cm³/mol. The highest BCUT2D eigenvalue weighted by Gasteiger charge is 2.42. The number of aromatic nitrogens is 2. The summed E-state index contributed by atoms with van der Waals surface area (Å²) in [5.41, 5.74) is 2.96. The molecular formula is C22H28N4O. The van der Waals surface area contributed by atoms with E-state index in [9.17, 15) is 4.79 Å². The minimum atomic E-state index is 0.0285. The molecule has 2 aliphatic rings. The van der Waals surface area contributed by atoms with Crippen LogP contribution in [0.3, 0.4) is 0 Å². The minimum absolute atomic E-state index is 0.0285. The van der Waals surface area contributed by atoms with E-state index in [2.05, 4.69) is 45.2 Å². The van der Waals surface area contributed by atoms with Gasteiger partial charge in [-0.3, -0.25) is 9.78 Å². The molecule has 2 aliphatic heterocycles. The predicted octanol–water partition coefficient (Wildman–Crippen LogP) is 2.96. The van der Waals surface area contributed by atoms with Gasteiger partial charge in [-0.15, -0.1) is 0 Å². The van der Waals surface area contributed by atoms with Gasteiger partial charge in [0.05, 0.1) is 11.9 Å². The Labute approximate surface area is 161 Å². The van der Waals surface area contributed by atoms with Crippen LogP contribution in [0.1, 0.15) is 41.0 Å². The molecular weight excluding hydrogens is 336 g/mol. The van der Waals surface area contributed by atoms with Crippen molar-refractivity contribution >= 4 is 5.91 Å². The molecule has 1 aromatic carbocycles. The topological polar surface area (TPSA) is 49.3 Å². The van der Waals surface area contributed by atoms with E-state index in [1.165, 1.54) is 24.9 Å². The first-order chi connectivity index (χ1) is 13.1. The van der Waals surface area contributed by atoms with Crippen LogP contribution in [0, 0.1) is 12.3 Å². The van der Waals surface area contributed by atoms with Gasteiger partial charge >= 0.3 is 0 Å². The normalized spacial score (nSPS) is 23.1. The zero-order valence-electron chi connectivity index (χ0n) is 16.1. The van der Waals surface area contributed by atoms with E-state index in [0.29, 0.717) is 5.69 Å². The van der Waals surface area contributed by atoms with Crippen LogP contribution in [0.15, 0.2) is 42.7 Å². The monoisotopic (exact) mass is 364 g/mol. The largest absolute Gasteiger partial charge is 0.337 e. The summed E-state index contributed by atoms with van der Waals surface area (Å²) in [5, 5.41) is 0. The molecule has 5 nitrogen and oxygen atoms in total. The van der Waals surface area contributed by atoms with Crippen LogP contribution in [0.5, 0.6) is 0 Å². The van der Waals surface area contributed by atoms with E-state index < -0.39 is 0 Å². The van der Waals surface area contributed by atoms with Gasteiger partial charge in [-0.1, -0.05) is 30.3 Å². The maximum absolute atomic E-state index is 12.8. The molecule has 27 heavy (non-hydrogen) atoms. The molecule has 0 bridgehead atoms. The van der Waals surface area contributed by atoms with E-state index in [-0.39, 0.29) is 11.3 Å². The molecule has 1 aromatic heterocycles. The minimum Gasteiger partial charge on any atom is -0.337 e. The van der Waals surface area contributed by atoms with Gasteiger partial charge in [-0.05, 0) is 44.7 Å². The van der Waals surface area contributed by atoms with Gasteiger partial charge in [0.1, 0.15) is 5.69 Å². The number of likely N-dealkylation sites (tertiary alicyclic amines) is 2. The fourth-order valence-corrected chi connectivity index (χ4v) is 4.54. The molecule has 1 atom stereocenters. The molecule has 0 saturated carbocycles. The van der Waals surface area contributed by atoms with Crippen molar-refractivity contribution in [3.8, 4) is 0 Å². The van der Waals surface area contributed by atoms with Gasteiger partial charge in [0, 0.05) is 37.8 Å². The number of carbonyl (C=O) groups excluding carboxylic acids is 1. The molecule has 1 unspecified atom stereocenters. The summed E-state index contributed by atoms with van der Waals surface area (Å²) in [5.74, 6) is 0.0285. The molecule has 142 valence electrons. The van der Waals surface area contributed by atoms with Crippen LogP contribution in [0.25, 0.3) is 0 Å². The standard InChI is InChI=1S/C22H28N4O/c1-18-14-24-20(15-23-18)21(27)26-13-10-22(17-26)9-5-11-25(16-22)12-8-19-6-3-2-4-7-19/h2-4,6-7,14-15H,5,8-13,16-17H2,1H3. The highest BCUT2D eigenvalue weighted by Crippen LogP contribution is 2.39. The molecule has 1 spiro atoms. The second-order valence-electron chi connectivity index (χ2n) is 8.14. The molecule has 1 amide bonds. The van der Waals surface area contributed by atoms with Crippen molar-refractivity contribution in [1.82, 2.24) is 19.8 Å². The zero-order valence-corrected chi connectivity index (χ0v) is 16.1. The third-order valence-electron chi connectivity index (χ3n) is 6.03. The molecule has 0 radical (unpaired) electrons. The van der Waals surface area contributed by atoms with Crippen LogP contribution in [0.2, 0.25) is 0 Å². The third-order valence-corrected chi connectivity index (χ3v) is 6.03. The van der Waals surface area contributed by atoms with Gasteiger partial charge in [-0.25, -0.2) is 4.98 Å². The average Bonchev–Trinajstić information content (AvgIpc) is 3.10. The molecule has 0 aliphatic carbocycles. The van der Waals surface area contributed by atoms with E-state index in [1.807, 2.05) is 11.8 Å². The average molecular weight is 364 g/mol. The van der Waals surface area contributed by atoms with Crippen molar-refractivity contribution in [2.24, 2.45) is 5.41 Å². The summed E-state index contributed by atoms with van der Waals surface area (Å²) in [6, 6.07) is 10.7. The molecule has 2 aromatic rings. The lowest BCUT2D eigenvalue weighted by molar-refractivity contribution is 0.0687. The number of benzene rings is 1. The Morgan fingerprint density at radius 1 is 1.07 bits per heavy atom. The van der Waals surface area contributed by atoms with Crippen molar-refractivity contribution < 1.29 is 4.79 Å². The van der Waals surface area contributed by atoms with Gasteiger partial charge < -0.3 is 9.80 Å². The Morgan fingerprint density at radius 3 is 2.70 bits per heavy atom. The summed E-state index contributed by atoms with van der Waals surface area (Å²) in [7, 11) is 0. The van der Waals surface area contributed by atoms with Crippen molar-refractivity contribution in [3.63, 3.8) is 0 Å². The Balaban J connectivity index is 1.36. The number of carbonyl (C=O) groups is 1. The Morgan fingerprint density at radius 2 is 1.93 bits per heavy atom. The summed E-state index contributed by atoms with van der Waals surface area (Å²) < 4.78 is 0. The van der Waals surface area contributed by atoms with Crippen molar-refractivity contribution in [2.45, 2.75) is 32.6 Å². The van der Waals surface area contributed by atoms with Crippen LogP contribution in [-0.2, 0) is 6.42 Å². The first-order valence-corrected chi connectivity index (χ1v) is 9.98. The fraction of sp³-hybridized carbons (Fsp3) is 0.500. The molecule has 2 saturated heterocycles. The highest BCUT2D eigenvalue weighted by molar-refractivity contribution is 5.92. The molecule has 2 fully saturated rings. The van der Waals surface area contributed by atoms with E-state index in [0.717, 1.165) is 44.7 Å². The maximum atomic E-state index is 12.8.